The number of hydrogen-bond donors (Lipinski definition) is 1. The fraction of sp³-hybridized carbons (Fsp3) is 0.625. The molecule has 0 amide bonds. The van der Waals surface area contributed by atoms with E-state index in [0.29, 0.717) is 0 Å². The van der Waals surface area contributed by atoms with E-state index in [1.54, 1.807) is 7.11 Å². The predicted octanol–water partition coefficient (Wildman–Crippen LogP) is 2.28. The Morgan fingerprint density at radius 1 is 1.21 bits per heavy atom. The fourth-order valence-corrected chi connectivity index (χ4v) is 2.74. The summed E-state index contributed by atoms with van der Waals surface area (Å²) < 4.78 is 10.6. The van der Waals surface area contributed by atoms with Crippen molar-refractivity contribution < 1.29 is 9.47 Å². The summed E-state index contributed by atoms with van der Waals surface area (Å²) in [6.07, 6.45) is 2.19. The van der Waals surface area contributed by atoms with Gasteiger partial charge in [-0.25, -0.2) is 0 Å². The third kappa shape index (κ3) is 3.78. The first-order valence-electron chi connectivity index (χ1n) is 7.11. The SMILES string of the molecule is COCCNCC1(c2ccc(C)cc2)CCOCC1. The van der Waals surface area contributed by atoms with E-state index in [2.05, 4.69) is 36.5 Å². The van der Waals surface area contributed by atoms with Crippen molar-refractivity contribution in [2.45, 2.75) is 25.2 Å². The second-order valence-corrected chi connectivity index (χ2v) is 5.43. The molecular formula is C16H25NO2. The Balaban J connectivity index is 2.07. The van der Waals surface area contributed by atoms with Crippen LogP contribution < -0.4 is 5.32 Å². The minimum atomic E-state index is 0.222. The van der Waals surface area contributed by atoms with Gasteiger partial charge in [-0.05, 0) is 25.3 Å². The van der Waals surface area contributed by atoms with Gasteiger partial charge in [-0.3, -0.25) is 0 Å². The Hall–Kier alpha value is -0.900. The van der Waals surface area contributed by atoms with E-state index in [1.807, 2.05) is 0 Å². The van der Waals surface area contributed by atoms with Crippen molar-refractivity contribution in [1.29, 1.82) is 0 Å². The zero-order valence-corrected chi connectivity index (χ0v) is 12.1. The van der Waals surface area contributed by atoms with Crippen LogP contribution >= 0.6 is 0 Å². The molecule has 19 heavy (non-hydrogen) atoms. The second kappa shape index (κ2) is 7.04. The second-order valence-electron chi connectivity index (χ2n) is 5.43. The monoisotopic (exact) mass is 263 g/mol. The Kier molecular flexibility index (Phi) is 5.37. The van der Waals surface area contributed by atoms with Gasteiger partial charge in [-0.15, -0.1) is 0 Å². The number of aryl methyl sites for hydroxylation is 1. The molecule has 0 aromatic heterocycles. The fourth-order valence-electron chi connectivity index (χ4n) is 2.74. The van der Waals surface area contributed by atoms with Crippen molar-refractivity contribution in [3.8, 4) is 0 Å². The number of rotatable bonds is 6. The zero-order valence-electron chi connectivity index (χ0n) is 12.1. The maximum Gasteiger partial charge on any atom is 0.0587 e. The summed E-state index contributed by atoms with van der Waals surface area (Å²) in [4.78, 5) is 0. The van der Waals surface area contributed by atoms with Crippen molar-refractivity contribution in [3.05, 3.63) is 35.4 Å². The van der Waals surface area contributed by atoms with Crippen LogP contribution in [0.4, 0.5) is 0 Å². The van der Waals surface area contributed by atoms with Crippen LogP contribution in [0, 0.1) is 6.92 Å². The van der Waals surface area contributed by atoms with Gasteiger partial charge in [0.15, 0.2) is 0 Å². The van der Waals surface area contributed by atoms with Gasteiger partial charge in [0.2, 0.25) is 0 Å². The summed E-state index contributed by atoms with van der Waals surface area (Å²) >= 11 is 0. The summed E-state index contributed by atoms with van der Waals surface area (Å²) in [5.74, 6) is 0. The molecule has 1 aliphatic heterocycles. The van der Waals surface area contributed by atoms with Gasteiger partial charge in [0.1, 0.15) is 0 Å². The van der Waals surface area contributed by atoms with Crippen molar-refractivity contribution in [3.63, 3.8) is 0 Å². The molecule has 106 valence electrons. The van der Waals surface area contributed by atoms with Gasteiger partial charge in [-0.2, -0.15) is 0 Å². The normalized spacial score (nSPS) is 18.4. The van der Waals surface area contributed by atoms with Crippen molar-refractivity contribution >= 4 is 0 Å². The van der Waals surface area contributed by atoms with Gasteiger partial charge < -0.3 is 14.8 Å². The van der Waals surface area contributed by atoms with E-state index < -0.39 is 0 Å². The summed E-state index contributed by atoms with van der Waals surface area (Å²) in [7, 11) is 1.74. The average molecular weight is 263 g/mol. The van der Waals surface area contributed by atoms with Crippen molar-refractivity contribution in [2.24, 2.45) is 0 Å². The van der Waals surface area contributed by atoms with E-state index in [4.69, 9.17) is 9.47 Å². The molecule has 1 aromatic rings. The maximum absolute atomic E-state index is 5.54. The van der Waals surface area contributed by atoms with Crippen LogP contribution in [0.3, 0.4) is 0 Å². The molecule has 1 saturated heterocycles. The molecule has 3 heteroatoms. The number of benzene rings is 1. The van der Waals surface area contributed by atoms with E-state index in [0.717, 1.165) is 45.8 Å². The molecule has 1 fully saturated rings. The molecule has 0 unspecified atom stereocenters. The molecule has 1 aromatic carbocycles. The molecule has 3 nitrogen and oxygen atoms in total. The number of hydrogen-bond acceptors (Lipinski definition) is 3. The van der Waals surface area contributed by atoms with Crippen LogP contribution in [0.25, 0.3) is 0 Å². The molecule has 0 aliphatic carbocycles. The first-order chi connectivity index (χ1) is 9.27. The Labute approximate surface area is 116 Å². The van der Waals surface area contributed by atoms with Crippen LogP contribution in [-0.4, -0.2) is 40.0 Å². The van der Waals surface area contributed by atoms with Gasteiger partial charge >= 0.3 is 0 Å². The van der Waals surface area contributed by atoms with E-state index in [1.165, 1.54) is 11.1 Å². The van der Waals surface area contributed by atoms with E-state index in [-0.39, 0.29) is 5.41 Å². The van der Waals surface area contributed by atoms with E-state index >= 15 is 0 Å². The summed E-state index contributed by atoms with van der Waals surface area (Å²) in [6.45, 7) is 6.53. The van der Waals surface area contributed by atoms with Gasteiger partial charge in [0, 0.05) is 38.8 Å². The highest BCUT2D eigenvalue weighted by Gasteiger charge is 2.33. The van der Waals surface area contributed by atoms with Crippen molar-refractivity contribution in [1.82, 2.24) is 5.32 Å². The maximum atomic E-state index is 5.54. The van der Waals surface area contributed by atoms with Crippen LogP contribution in [0.2, 0.25) is 0 Å². The average Bonchev–Trinajstić information content (AvgIpc) is 2.45. The highest BCUT2D eigenvalue weighted by atomic mass is 16.5. The Morgan fingerprint density at radius 3 is 2.53 bits per heavy atom. The van der Waals surface area contributed by atoms with Crippen LogP contribution in [-0.2, 0) is 14.9 Å². The number of nitrogens with one attached hydrogen (secondary N) is 1. The summed E-state index contributed by atoms with van der Waals surface area (Å²) in [6, 6.07) is 8.97. The van der Waals surface area contributed by atoms with Crippen molar-refractivity contribution in [2.75, 3.05) is 40.0 Å². The third-order valence-corrected chi connectivity index (χ3v) is 4.06. The lowest BCUT2D eigenvalue weighted by Gasteiger charge is -2.38. The zero-order chi connectivity index (χ0) is 13.6. The number of methoxy groups -OCH3 is 1. The molecule has 0 spiro atoms. The van der Waals surface area contributed by atoms with Crippen LogP contribution in [0.1, 0.15) is 24.0 Å². The standard InChI is InChI=1S/C16H25NO2/c1-14-3-5-15(6-4-14)16(7-10-19-11-8-16)13-17-9-12-18-2/h3-6,17H,7-13H2,1-2H3. The minimum absolute atomic E-state index is 0.222. The molecule has 0 atom stereocenters. The Morgan fingerprint density at radius 2 is 1.89 bits per heavy atom. The molecular weight excluding hydrogens is 238 g/mol. The highest BCUT2D eigenvalue weighted by Crippen LogP contribution is 2.34. The lowest BCUT2D eigenvalue weighted by molar-refractivity contribution is 0.0492. The molecule has 1 N–H and O–H groups in total. The molecule has 0 radical (unpaired) electrons. The highest BCUT2D eigenvalue weighted by molar-refractivity contribution is 5.29. The predicted molar refractivity (Wildman–Crippen MR) is 77.7 cm³/mol. The summed E-state index contributed by atoms with van der Waals surface area (Å²) in [5, 5.41) is 3.53. The van der Waals surface area contributed by atoms with Gasteiger partial charge in [0.25, 0.3) is 0 Å². The first-order valence-corrected chi connectivity index (χ1v) is 7.11. The lowest BCUT2D eigenvalue weighted by Crippen LogP contribution is -2.43. The largest absolute Gasteiger partial charge is 0.383 e. The van der Waals surface area contributed by atoms with Gasteiger partial charge in [-0.1, -0.05) is 29.8 Å². The first kappa shape index (κ1) is 14.5. The third-order valence-electron chi connectivity index (χ3n) is 4.06. The molecule has 1 aliphatic rings. The van der Waals surface area contributed by atoms with Gasteiger partial charge in [0.05, 0.1) is 6.61 Å². The minimum Gasteiger partial charge on any atom is -0.383 e. The molecule has 0 bridgehead atoms. The molecule has 1 heterocycles. The lowest BCUT2D eigenvalue weighted by atomic mass is 9.74. The van der Waals surface area contributed by atoms with Crippen LogP contribution in [0.15, 0.2) is 24.3 Å². The Bertz CT molecular complexity index is 369. The van der Waals surface area contributed by atoms with Crippen LogP contribution in [0.5, 0.6) is 0 Å². The summed E-state index contributed by atoms with van der Waals surface area (Å²) in [5.41, 5.74) is 2.98. The smallest absolute Gasteiger partial charge is 0.0587 e. The van der Waals surface area contributed by atoms with E-state index in [9.17, 15) is 0 Å². The molecule has 0 saturated carbocycles. The molecule has 2 rings (SSSR count). The topological polar surface area (TPSA) is 30.5 Å². The quantitative estimate of drug-likeness (QED) is 0.799. The number of ether oxygens (including phenoxy) is 2.